The number of carbonyl (C=O) groups is 2. The van der Waals surface area contributed by atoms with Gasteiger partial charge in [-0.15, -0.1) is 0 Å². The number of benzene rings is 2. The van der Waals surface area contributed by atoms with Crippen molar-refractivity contribution >= 4 is 23.2 Å². The molecule has 0 radical (unpaired) electrons. The topological polar surface area (TPSA) is 66.2 Å². The zero-order valence-corrected chi connectivity index (χ0v) is 20.6. The minimum Gasteiger partial charge on any atom is -0.508 e. The van der Waals surface area contributed by atoms with Gasteiger partial charge in [-0.1, -0.05) is 36.4 Å². The second-order valence-corrected chi connectivity index (χ2v) is 9.60. The highest BCUT2D eigenvalue weighted by Gasteiger charge is 2.39. The summed E-state index contributed by atoms with van der Waals surface area (Å²) >= 11 is 0. The number of likely N-dealkylation sites (N-methyl/N-ethyl adjacent to an activating group) is 1. The summed E-state index contributed by atoms with van der Waals surface area (Å²) in [6, 6.07) is 13.0. The summed E-state index contributed by atoms with van der Waals surface area (Å²) in [6.45, 7) is 9.27. The number of amides is 2. The third-order valence-electron chi connectivity index (χ3n) is 6.96. The highest BCUT2D eigenvalue weighted by molar-refractivity contribution is 6.07. The standard InChI is InChI=1S/C28H32N4O3/c1-29-23-10-9-20(17-25(23)35-4)27(34)32-15-13-28(18-21-7-5-6-8-24(21)32)12-11-22(19-28)26(33)30-14-16-31(2)3/h5-10,17,19H,11-16,18H2,2-4H3,(H,30,33). The molecule has 2 amide bonds. The molecule has 0 saturated carbocycles. The summed E-state index contributed by atoms with van der Waals surface area (Å²) in [6.07, 6.45) is 5.38. The van der Waals surface area contributed by atoms with Gasteiger partial charge in [-0.25, -0.2) is 4.85 Å². The van der Waals surface area contributed by atoms with Crippen LogP contribution in [0.4, 0.5) is 11.4 Å². The van der Waals surface area contributed by atoms with E-state index >= 15 is 0 Å². The molecule has 2 aromatic rings. The maximum Gasteiger partial charge on any atom is 0.258 e. The van der Waals surface area contributed by atoms with Gasteiger partial charge in [-0.2, -0.15) is 0 Å². The van der Waals surface area contributed by atoms with E-state index in [2.05, 4.69) is 22.3 Å². The van der Waals surface area contributed by atoms with E-state index in [4.69, 9.17) is 11.3 Å². The van der Waals surface area contributed by atoms with Gasteiger partial charge in [0, 0.05) is 36.5 Å². The van der Waals surface area contributed by atoms with Crippen molar-refractivity contribution in [2.75, 3.05) is 45.7 Å². The smallest absolute Gasteiger partial charge is 0.258 e. The summed E-state index contributed by atoms with van der Waals surface area (Å²) < 4.78 is 5.33. The van der Waals surface area contributed by atoms with Crippen molar-refractivity contribution in [3.8, 4) is 5.75 Å². The van der Waals surface area contributed by atoms with Gasteiger partial charge in [0.05, 0.1) is 13.7 Å². The van der Waals surface area contributed by atoms with Crippen molar-refractivity contribution in [1.82, 2.24) is 10.2 Å². The zero-order valence-electron chi connectivity index (χ0n) is 20.6. The van der Waals surface area contributed by atoms with Gasteiger partial charge in [0.25, 0.3) is 5.91 Å². The van der Waals surface area contributed by atoms with Crippen LogP contribution in [0.3, 0.4) is 0 Å². The first-order valence-corrected chi connectivity index (χ1v) is 12.0. The molecule has 0 bridgehead atoms. The molecule has 1 N–H and O–H groups in total. The van der Waals surface area contributed by atoms with Crippen LogP contribution in [-0.4, -0.2) is 57.6 Å². The summed E-state index contributed by atoms with van der Waals surface area (Å²) in [5.41, 5.74) is 3.58. The number of hydrogen-bond donors (Lipinski definition) is 1. The van der Waals surface area contributed by atoms with Crippen LogP contribution in [0.15, 0.2) is 54.1 Å². The number of methoxy groups -OCH3 is 1. The highest BCUT2D eigenvalue weighted by atomic mass is 16.5. The SMILES string of the molecule is [C-]#[N+]c1ccc(C(=O)N2CCC3(C=C(C(=O)NCCN(C)C)CC3)Cc3ccccc32)cc1OC. The number of para-hydroxylation sites is 1. The fourth-order valence-corrected chi connectivity index (χ4v) is 5.04. The minimum absolute atomic E-state index is 0.0150. The average molecular weight is 473 g/mol. The molecule has 7 nitrogen and oxygen atoms in total. The second-order valence-electron chi connectivity index (χ2n) is 9.60. The van der Waals surface area contributed by atoms with Crippen LogP contribution in [0.25, 0.3) is 4.85 Å². The predicted molar refractivity (Wildman–Crippen MR) is 137 cm³/mol. The molecule has 2 aliphatic rings. The van der Waals surface area contributed by atoms with Crippen LogP contribution in [0.2, 0.25) is 0 Å². The zero-order chi connectivity index (χ0) is 25.0. The van der Waals surface area contributed by atoms with E-state index in [-0.39, 0.29) is 17.2 Å². The van der Waals surface area contributed by atoms with E-state index < -0.39 is 0 Å². The van der Waals surface area contributed by atoms with Crippen molar-refractivity contribution < 1.29 is 14.3 Å². The molecule has 1 unspecified atom stereocenters. The summed E-state index contributed by atoms with van der Waals surface area (Å²) in [5, 5.41) is 3.04. The Balaban J connectivity index is 1.59. The Morgan fingerprint density at radius 2 is 2.00 bits per heavy atom. The number of nitrogens with zero attached hydrogens (tertiary/aromatic N) is 3. The fourth-order valence-electron chi connectivity index (χ4n) is 5.04. The summed E-state index contributed by atoms with van der Waals surface area (Å²) in [7, 11) is 5.48. The molecular weight excluding hydrogens is 440 g/mol. The Kier molecular flexibility index (Phi) is 7.23. The van der Waals surface area contributed by atoms with E-state index in [9.17, 15) is 9.59 Å². The fraction of sp³-hybridized carbons (Fsp3) is 0.393. The molecular formula is C28H32N4O3. The number of carbonyl (C=O) groups excluding carboxylic acids is 2. The third kappa shape index (κ3) is 5.23. The molecule has 35 heavy (non-hydrogen) atoms. The minimum atomic E-state index is -0.148. The molecule has 0 fully saturated rings. The molecule has 1 atom stereocenters. The van der Waals surface area contributed by atoms with Gasteiger partial charge < -0.3 is 19.9 Å². The quantitative estimate of drug-likeness (QED) is 0.640. The average Bonchev–Trinajstić information content (AvgIpc) is 3.20. The van der Waals surface area contributed by atoms with Gasteiger partial charge in [0.1, 0.15) is 5.75 Å². The van der Waals surface area contributed by atoms with Crippen molar-refractivity contribution in [2.45, 2.75) is 25.7 Å². The monoisotopic (exact) mass is 472 g/mol. The molecule has 0 saturated heterocycles. The van der Waals surface area contributed by atoms with Crippen molar-refractivity contribution in [2.24, 2.45) is 5.41 Å². The first kappa shape index (κ1) is 24.5. The molecule has 7 heteroatoms. The van der Waals surface area contributed by atoms with E-state index in [1.54, 1.807) is 18.2 Å². The lowest BCUT2D eigenvalue weighted by atomic mass is 9.79. The van der Waals surface area contributed by atoms with Crippen LogP contribution in [0.5, 0.6) is 5.75 Å². The Morgan fingerprint density at radius 1 is 1.20 bits per heavy atom. The number of nitrogens with one attached hydrogen (secondary N) is 1. The lowest BCUT2D eigenvalue weighted by Gasteiger charge is -2.26. The van der Waals surface area contributed by atoms with Gasteiger partial charge in [-0.05, 0) is 62.9 Å². The van der Waals surface area contributed by atoms with Crippen LogP contribution in [0, 0.1) is 12.0 Å². The van der Waals surface area contributed by atoms with E-state index in [0.29, 0.717) is 30.1 Å². The summed E-state index contributed by atoms with van der Waals surface area (Å²) in [5.74, 6) is 0.295. The Bertz CT molecular complexity index is 1200. The van der Waals surface area contributed by atoms with E-state index in [1.165, 1.54) is 7.11 Å². The molecule has 0 aromatic heterocycles. The molecule has 182 valence electrons. The Labute approximate surface area is 207 Å². The van der Waals surface area contributed by atoms with Gasteiger partial charge in [-0.3, -0.25) is 9.59 Å². The predicted octanol–water partition coefficient (Wildman–Crippen LogP) is 4.22. The molecule has 1 heterocycles. The molecule has 1 aliphatic carbocycles. The van der Waals surface area contributed by atoms with Crippen molar-refractivity contribution in [1.29, 1.82) is 0 Å². The third-order valence-corrected chi connectivity index (χ3v) is 6.96. The molecule has 4 rings (SSSR count). The lowest BCUT2D eigenvalue weighted by Crippen LogP contribution is -2.33. The van der Waals surface area contributed by atoms with Crippen LogP contribution in [-0.2, 0) is 11.2 Å². The first-order valence-electron chi connectivity index (χ1n) is 12.0. The summed E-state index contributed by atoms with van der Waals surface area (Å²) in [4.78, 5) is 33.7. The molecule has 2 aromatic carbocycles. The highest BCUT2D eigenvalue weighted by Crippen LogP contribution is 2.46. The van der Waals surface area contributed by atoms with Gasteiger partial charge in [0.2, 0.25) is 11.6 Å². The van der Waals surface area contributed by atoms with Crippen molar-refractivity contribution in [3.05, 3.63) is 76.7 Å². The molecule has 1 aliphatic heterocycles. The maximum absolute atomic E-state index is 13.6. The number of fused-ring (bicyclic) bond motifs is 1. The maximum atomic E-state index is 13.6. The normalized spacial score (nSPS) is 19.1. The number of ether oxygens (including phenoxy) is 1. The number of allylic oxidation sites excluding steroid dienone is 1. The number of anilines is 1. The van der Waals surface area contributed by atoms with Crippen LogP contribution >= 0.6 is 0 Å². The molecule has 1 spiro atoms. The second kappa shape index (κ2) is 10.3. The Hall–Kier alpha value is -3.63. The van der Waals surface area contributed by atoms with Crippen LogP contribution in [0.1, 0.15) is 35.2 Å². The van der Waals surface area contributed by atoms with Crippen LogP contribution < -0.4 is 15.0 Å². The van der Waals surface area contributed by atoms with E-state index in [1.807, 2.05) is 42.1 Å². The largest absolute Gasteiger partial charge is 0.508 e. The first-order chi connectivity index (χ1) is 16.9. The number of hydrogen-bond acceptors (Lipinski definition) is 4. The van der Waals surface area contributed by atoms with Crippen molar-refractivity contribution in [3.63, 3.8) is 0 Å². The van der Waals surface area contributed by atoms with Gasteiger partial charge in [0.15, 0.2) is 0 Å². The van der Waals surface area contributed by atoms with Gasteiger partial charge >= 0.3 is 0 Å². The number of rotatable bonds is 6. The lowest BCUT2D eigenvalue weighted by molar-refractivity contribution is -0.117. The van der Waals surface area contributed by atoms with E-state index in [0.717, 1.165) is 49.1 Å². The Morgan fingerprint density at radius 3 is 2.74 bits per heavy atom.